The minimum Gasteiger partial charge on any atom is -0.299 e. The van der Waals surface area contributed by atoms with Gasteiger partial charge in [0.15, 0.2) is 0 Å². The molecule has 1 aromatic carbocycles. The van der Waals surface area contributed by atoms with Crippen molar-refractivity contribution in [2.75, 3.05) is 13.1 Å². The van der Waals surface area contributed by atoms with Gasteiger partial charge in [-0.25, -0.2) is 4.39 Å². The van der Waals surface area contributed by atoms with Crippen LogP contribution in [0.15, 0.2) is 24.3 Å². The summed E-state index contributed by atoms with van der Waals surface area (Å²) in [5.74, 6) is -0.132. The van der Waals surface area contributed by atoms with E-state index < -0.39 is 0 Å². The van der Waals surface area contributed by atoms with Gasteiger partial charge in [-0.05, 0) is 43.6 Å². The van der Waals surface area contributed by atoms with Crippen molar-refractivity contribution in [1.82, 2.24) is 4.90 Å². The number of benzene rings is 1. The summed E-state index contributed by atoms with van der Waals surface area (Å²) >= 11 is 0. The van der Waals surface area contributed by atoms with Gasteiger partial charge in [-0.15, -0.1) is 0 Å². The molecule has 1 aromatic rings. The van der Waals surface area contributed by atoms with Gasteiger partial charge in [0.05, 0.1) is 0 Å². The maximum atomic E-state index is 13.1. The third-order valence-corrected chi connectivity index (χ3v) is 2.91. The van der Waals surface area contributed by atoms with Crippen LogP contribution in [0.5, 0.6) is 0 Å². The van der Waals surface area contributed by atoms with E-state index in [-0.39, 0.29) is 5.82 Å². The van der Waals surface area contributed by atoms with Crippen LogP contribution in [0.25, 0.3) is 0 Å². The molecule has 0 radical (unpaired) electrons. The molecule has 0 saturated heterocycles. The minimum atomic E-state index is -0.132. The normalized spacial score (nSPS) is 11.1. The summed E-state index contributed by atoms with van der Waals surface area (Å²) in [6.07, 6.45) is 4.93. The Morgan fingerprint density at radius 1 is 1.06 bits per heavy atom. The second-order valence-corrected chi connectivity index (χ2v) is 4.61. The summed E-state index contributed by atoms with van der Waals surface area (Å²) in [5.41, 5.74) is 1.08. The molecule has 0 amide bonds. The average Bonchev–Trinajstić information content (AvgIpc) is 2.29. The topological polar surface area (TPSA) is 3.24 Å². The fourth-order valence-corrected chi connectivity index (χ4v) is 2.07. The molecule has 0 N–H and O–H groups in total. The number of nitrogens with zero attached hydrogens (tertiary/aromatic N) is 1. The lowest BCUT2D eigenvalue weighted by atomic mass is 10.2. The third-order valence-electron chi connectivity index (χ3n) is 2.91. The number of hydrogen-bond acceptors (Lipinski definition) is 1. The van der Waals surface area contributed by atoms with Crippen LogP contribution in [0, 0.1) is 5.82 Å². The van der Waals surface area contributed by atoms with Gasteiger partial charge in [-0.3, -0.25) is 4.90 Å². The summed E-state index contributed by atoms with van der Waals surface area (Å²) < 4.78 is 13.1. The fourth-order valence-electron chi connectivity index (χ4n) is 2.07. The van der Waals surface area contributed by atoms with Crippen molar-refractivity contribution < 1.29 is 4.39 Å². The van der Waals surface area contributed by atoms with Gasteiger partial charge < -0.3 is 0 Å². The summed E-state index contributed by atoms with van der Waals surface area (Å²) in [6.45, 7) is 7.50. The minimum absolute atomic E-state index is 0.132. The van der Waals surface area contributed by atoms with E-state index in [0.717, 1.165) is 31.6 Å². The highest BCUT2D eigenvalue weighted by Gasteiger charge is 2.05. The molecule has 0 spiro atoms. The zero-order chi connectivity index (χ0) is 12.5. The van der Waals surface area contributed by atoms with Crippen LogP contribution >= 0.6 is 0 Å². The molecule has 17 heavy (non-hydrogen) atoms. The molecule has 1 rings (SSSR count). The Bertz CT molecular complexity index is 312. The Labute approximate surface area is 105 Å². The van der Waals surface area contributed by atoms with Crippen LogP contribution in [-0.4, -0.2) is 18.0 Å². The molecule has 0 heterocycles. The van der Waals surface area contributed by atoms with E-state index in [9.17, 15) is 4.39 Å². The molecule has 0 fully saturated rings. The first-order valence-electron chi connectivity index (χ1n) is 6.73. The van der Waals surface area contributed by atoms with Gasteiger partial charge in [-0.2, -0.15) is 0 Å². The molecule has 0 atom stereocenters. The van der Waals surface area contributed by atoms with E-state index in [2.05, 4.69) is 18.7 Å². The Balaban J connectivity index is 2.47. The SMILES string of the molecule is CCCCCN(CCC)Cc1cccc(F)c1. The molecule has 0 unspecified atom stereocenters. The molecule has 0 bridgehead atoms. The Morgan fingerprint density at radius 2 is 1.88 bits per heavy atom. The molecule has 2 heteroatoms. The first kappa shape index (κ1) is 14.2. The number of rotatable bonds is 8. The van der Waals surface area contributed by atoms with Crippen LogP contribution in [0.1, 0.15) is 45.1 Å². The molecule has 0 aromatic heterocycles. The number of hydrogen-bond donors (Lipinski definition) is 0. The lowest BCUT2D eigenvalue weighted by Gasteiger charge is -2.21. The van der Waals surface area contributed by atoms with Crippen molar-refractivity contribution in [3.05, 3.63) is 35.6 Å². The number of halogens is 1. The van der Waals surface area contributed by atoms with Crippen molar-refractivity contribution in [2.45, 2.75) is 46.1 Å². The fraction of sp³-hybridized carbons (Fsp3) is 0.600. The van der Waals surface area contributed by atoms with E-state index in [4.69, 9.17) is 0 Å². The standard InChI is InChI=1S/C15H24FN/c1-3-5-6-11-17(10-4-2)13-14-8-7-9-15(16)12-14/h7-9,12H,3-6,10-11,13H2,1-2H3. The van der Waals surface area contributed by atoms with Crippen molar-refractivity contribution in [2.24, 2.45) is 0 Å². The van der Waals surface area contributed by atoms with Crippen LogP contribution in [-0.2, 0) is 6.54 Å². The lowest BCUT2D eigenvalue weighted by Crippen LogP contribution is -2.25. The van der Waals surface area contributed by atoms with Gasteiger partial charge >= 0.3 is 0 Å². The van der Waals surface area contributed by atoms with Crippen LogP contribution in [0.2, 0.25) is 0 Å². The highest BCUT2D eigenvalue weighted by atomic mass is 19.1. The van der Waals surface area contributed by atoms with E-state index in [1.807, 2.05) is 6.07 Å². The second kappa shape index (κ2) is 8.24. The first-order chi connectivity index (χ1) is 8.26. The van der Waals surface area contributed by atoms with Crippen molar-refractivity contribution >= 4 is 0 Å². The third kappa shape index (κ3) is 5.83. The quantitative estimate of drug-likeness (QED) is 0.612. The van der Waals surface area contributed by atoms with Gasteiger partial charge in [0, 0.05) is 6.54 Å². The highest BCUT2D eigenvalue weighted by molar-refractivity contribution is 5.16. The maximum Gasteiger partial charge on any atom is 0.123 e. The Kier molecular flexibility index (Phi) is 6.87. The highest BCUT2D eigenvalue weighted by Crippen LogP contribution is 2.09. The van der Waals surface area contributed by atoms with Gasteiger partial charge in [-0.1, -0.05) is 38.8 Å². The Morgan fingerprint density at radius 3 is 2.53 bits per heavy atom. The largest absolute Gasteiger partial charge is 0.299 e. The zero-order valence-electron chi connectivity index (χ0n) is 11.1. The van der Waals surface area contributed by atoms with Gasteiger partial charge in [0.1, 0.15) is 5.82 Å². The van der Waals surface area contributed by atoms with E-state index in [1.165, 1.54) is 25.3 Å². The van der Waals surface area contributed by atoms with E-state index in [0.29, 0.717) is 0 Å². The average molecular weight is 237 g/mol. The molecule has 0 saturated carbocycles. The molecule has 96 valence electrons. The summed E-state index contributed by atoms with van der Waals surface area (Å²) in [6, 6.07) is 6.94. The summed E-state index contributed by atoms with van der Waals surface area (Å²) in [7, 11) is 0. The van der Waals surface area contributed by atoms with E-state index in [1.54, 1.807) is 12.1 Å². The van der Waals surface area contributed by atoms with Crippen molar-refractivity contribution in [1.29, 1.82) is 0 Å². The molecule has 1 nitrogen and oxygen atoms in total. The van der Waals surface area contributed by atoms with Crippen LogP contribution in [0.3, 0.4) is 0 Å². The molecular formula is C15H24FN. The predicted molar refractivity (Wildman–Crippen MR) is 71.5 cm³/mol. The van der Waals surface area contributed by atoms with Crippen LogP contribution in [0.4, 0.5) is 4.39 Å². The summed E-state index contributed by atoms with van der Waals surface area (Å²) in [5, 5.41) is 0. The summed E-state index contributed by atoms with van der Waals surface area (Å²) in [4.78, 5) is 2.42. The Hall–Kier alpha value is -0.890. The predicted octanol–water partition coefficient (Wildman–Crippen LogP) is 4.23. The van der Waals surface area contributed by atoms with Crippen molar-refractivity contribution in [3.63, 3.8) is 0 Å². The zero-order valence-corrected chi connectivity index (χ0v) is 11.1. The second-order valence-electron chi connectivity index (χ2n) is 4.61. The van der Waals surface area contributed by atoms with Crippen LogP contribution < -0.4 is 0 Å². The molecule has 0 aliphatic rings. The lowest BCUT2D eigenvalue weighted by molar-refractivity contribution is 0.259. The molecular weight excluding hydrogens is 213 g/mol. The number of unbranched alkanes of at least 4 members (excludes halogenated alkanes) is 2. The van der Waals surface area contributed by atoms with Gasteiger partial charge in [0.25, 0.3) is 0 Å². The van der Waals surface area contributed by atoms with Gasteiger partial charge in [0.2, 0.25) is 0 Å². The van der Waals surface area contributed by atoms with E-state index >= 15 is 0 Å². The first-order valence-corrected chi connectivity index (χ1v) is 6.73. The smallest absolute Gasteiger partial charge is 0.123 e. The maximum absolute atomic E-state index is 13.1. The molecule has 0 aliphatic heterocycles. The monoisotopic (exact) mass is 237 g/mol. The molecule has 0 aliphatic carbocycles. The van der Waals surface area contributed by atoms with Crippen molar-refractivity contribution in [3.8, 4) is 0 Å².